The second kappa shape index (κ2) is 5.57. The van der Waals surface area contributed by atoms with Crippen LogP contribution in [0.1, 0.15) is 22.7 Å². The third kappa shape index (κ3) is 2.90. The molecule has 3 nitrogen and oxygen atoms in total. The molecule has 1 unspecified atom stereocenters. The smallest absolute Gasteiger partial charge is 0.0515 e. The summed E-state index contributed by atoms with van der Waals surface area (Å²) in [5, 5.41) is 0. The van der Waals surface area contributed by atoms with Crippen molar-refractivity contribution in [3.63, 3.8) is 0 Å². The lowest BCUT2D eigenvalue weighted by Crippen LogP contribution is -2.29. The SMILES string of the molecule is Cc1ccccc1CC(NN)c1cccnc1. The van der Waals surface area contributed by atoms with Crippen LogP contribution in [0.5, 0.6) is 0 Å². The van der Waals surface area contributed by atoms with Gasteiger partial charge in [0.1, 0.15) is 0 Å². The number of aromatic nitrogens is 1. The van der Waals surface area contributed by atoms with E-state index in [1.807, 2.05) is 24.4 Å². The topological polar surface area (TPSA) is 50.9 Å². The maximum atomic E-state index is 5.62. The summed E-state index contributed by atoms with van der Waals surface area (Å²) in [5.41, 5.74) is 6.56. The molecule has 2 rings (SSSR count). The van der Waals surface area contributed by atoms with Crippen LogP contribution < -0.4 is 11.3 Å². The fourth-order valence-electron chi connectivity index (χ4n) is 1.91. The molecule has 17 heavy (non-hydrogen) atoms. The molecule has 0 aliphatic carbocycles. The Morgan fingerprint density at radius 3 is 2.71 bits per heavy atom. The summed E-state index contributed by atoms with van der Waals surface area (Å²) >= 11 is 0. The summed E-state index contributed by atoms with van der Waals surface area (Å²) in [4.78, 5) is 4.12. The minimum atomic E-state index is 0.102. The van der Waals surface area contributed by atoms with Gasteiger partial charge in [0, 0.05) is 12.4 Å². The van der Waals surface area contributed by atoms with Crippen molar-refractivity contribution in [2.45, 2.75) is 19.4 Å². The van der Waals surface area contributed by atoms with Gasteiger partial charge in [-0.3, -0.25) is 16.3 Å². The average molecular weight is 227 g/mol. The molecule has 3 heteroatoms. The lowest BCUT2D eigenvalue weighted by Gasteiger charge is -2.17. The van der Waals surface area contributed by atoms with E-state index in [9.17, 15) is 0 Å². The molecule has 0 fully saturated rings. The number of aryl methyl sites for hydroxylation is 1. The molecule has 88 valence electrons. The van der Waals surface area contributed by atoms with Gasteiger partial charge in [-0.25, -0.2) is 0 Å². The number of pyridine rings is 1. The number of benzene rings is 1. The standard InChI is InChI=1S/C14H17N3/c1-11-5-2-3-6-12(11)9-14(17-15)13-7-4-8-16-10-13/h2-8,10,14,17H,9,15H2,1H3. The van der Waals surface area contributed by atoms with E-state index in [2.05, 4.69) is 35.5 Å². The summed E-state index contributed by atoms with van der Waals surface area (Å²) in [7, 11) is 0. The highest BCUT2D eigenvalue weighted by Gasteiger charge is 2.11. The summed E-state index contributed by atoms with van der Waals surface area (Å²) in [6.45, 7) is 2.12. The predicted octanol–water partition coefficient (Wildman–Crippen LogP) is 2.14. The van der Waals surface area contributed by atoms with Crippen LogP contribution in [0.2, 0.25) is 0 Å². The summed E-state index contributed by atoms with van der Waals surface area (Å²) in [6.07, 6.45) is 4.49. The zero-order chi connectivity index (χ0) is 12.1. The van der Waals surface area contributed by atoms with E-state index in [4.69, 9.17) is 5.84 Å². The van der Waals surface area contributed by atoms with Crippen LogP contribution in [0.4, 0.5) is 0 Å². The Labute approximate surface area is 102 Å². The fraction of sp³-hybridized carbons (Fsp3) is 0.214. The second-order valence-electron chi connectivity index (χ2n) is 4.14. The zero-order valence-corrected chi connectivity index (χ0v) is 9.93. The second-order valence-corrected chi connectivity index (χ2v) is 4.14. The Bertz CT molecular complexity index is 468. The van der Waals surface area contributed by atoms with Crippen LogP contribution in [-0.2, 0) is 6.42 Å². The van der Waals surface area contributed by atoms with Crippen LogP contribution in [0.3, 0.4) is 0 Å². The number of hydrogen-bond acceptors (Lipinski definition) is 3. The largest absolute Gasteiger partial charge is 0.271 e. The van der Waals surface area contributed by atoms with E-state index in [1.165, 1.54) is 11.1 Å². The van der Waals surface area contributed by atoms with Crippen LogP contribution in [0.15, 0.2) is 48.8 Å². The van der Waals surface area contributed by atoms with E-state index in [0.717, 1.165) is 12.0 Å². The quantitative estimate of drug-likeness (QED) is 0.621. The molecule has 0 saturated carbocycles. The molecular weight excluding hydrogens is 210 g/mol. The zero-order valence-electron chi connectivity index (χ0n) is 9.93. The number of hydrogen-bond donors (Lipinski definition) is 2. The highest BCUT2D eigenvalue weighted by atomic mass is 15.2. The van der Waals surface area contributed by atoms with E-state index < -0.39 is 0 Å². The van der Waals surface area contributed by atoms with Crippen molar-refractivity contribution >= 4 is 0 Å². The maximum absolute atomic E-state index is 5.62. The first-order chi connectivity index (χ1) is 8.31. The molecule has 0 aliphatic heterocycles. The molecule has 1 heterocycles. The van der Waals surface area contributed by atoms with Crippen LogP contribution in [-0.4, -0.2) is 4.98 Å². The van der Waals surface area contributed by atoms with Crippen molar-refractivity contribution in [2.75, 3.05) is 0 Å². The monoisotopic (exact) mass is 227 g/mol. The molecule has 0 amide bonds. The van der Waals surface area contributed by atoms with Crippen molar-refractivity contribution < 1.29 is 0 Å². The highest BCUT2D eigenvalue weighted by molar-refractivity contribution is 5.28. The predicted molar refractivity (Wildman–Crippen MR) is 69.2 cm³/mol. The Hall–Kier alpha value is -1.71. The van der Waals surface area contributed by atoms with Gasteiger partial charge < -0.3 is 0 Å². The molecule has 0 aliphatic rings. The van der Waals surface area contributed by atoms with Crippen molar-refractivity contribution in [3.05, 3.63) is 65.5 Å². The summed E-state index contributed by atoms with van der Waals surface area (Å²) in [5.74, 6) is 5.62. The molecular formula is C14H17N3. The molecule has 1 aromatic carbocycles. The van der Waals surface area contributed by atoms with Crippen molar-refractivity contribution in [3.8, 4) is 0 Å². The highest BCUT2D eigenvalue weighted by Crippen LogP contribution is 2.18. The third-order valence-electron chi connectivity index (χ3n) is 2.97. The summed E-state index contributed by atoms with van der Waals surface area (Å²) < 4.78 is 0. The van der Waals surface area contributed by atoms with Crippen molar-refractivity contribution in [1.82, 2.24) is 10.4 Å². The number of nitrogens with two attached hydrogens (primary N) is 1. The number of rotatable bonds is 4. The van der Waals surface area contributed by atoms with Crippen molar-refractivity contribution in [1.29, 1.82) is 0 Å². The number of hydrazine groups is 1. The minimum absolute atomic E-state index is 0.102. The molecule has 1 aromatic heterocycles. The molecule has 3 N–H and O–H groups in total. The Kier molecular flexibility index (Phi) is 3.85. The van der Waals surface area contributed by atoms with Gasteiger partial charge in [-0.1, -0.05) is 30.3 Å². The fourth-order valence-corrected chi connectivity index (χ4v) is 1.91. The van der Waals surface area contributed by atoms with Gasteiger partial charge in [-0.05, 0) is 36.1 Å². The van der Waals surface area contributed by atoms with Gasteiger partial charge in [0.15, 0.2) is 0 Å². The first kappa shape index (κ1) is 11.8. The minimum Gasteiger partial charge on any atom is -0.271 e. The lowest BCUT2D eigenvalue weighted by molar-refractivity contribution is 0.549. The van der Waals surface area contributed by atoms with Crippen LogP contribution in [0, 0.1) is 6.92 Å². The van der Waals surface area contributed by atoms with Gasteiger partial charge in [-0.2, -0.15) is 0 Å². The van der Waals surface area contributed by atoms with Gasteiger partial charge >= 0.3 is 0 Å². The normalized spacial score (nSPS) is 12.4. The van der Waals surface area contributed by atoms with E-state index in [1.54, 1.807) is 6.20 Å². The van der Waals surface area contributed by atoms with E-state index >= 15 is 0 Å². The maximum Gasteiger partial charge on any atom is 0.0515 e. The van der Waals surface area contributed by atoms with Gasteiger partial charge in [-0.15, -0.1) is 0 Å². The Morgan fingerprint density at radius 2 is 2.06 bits per heavy atom. The van der Waals surface area contributed by atoms with E-state index in [0.29, 0.717) is 0 Å². The Morgan fingerprint density at radius 1 is 1.24 bits per heavy atom. The van der Waals surface area contributed by atoms with Crippen LogP contribution >= 0.6 is 0 Å². The van der Waals surface area contributed by atoms with Gasteiger partial charge in [0.25, 0.3) is 0 Å². The molecule has 0 radical (unpaired) electrons. The Balaban J connectivity index is 2.19. The average Bonchev–Trinajstić information content (AvgIpc) is 2.39. The van der Waals surface area contributed by atoms with Crippen LogP contribution in [0.25, 0.3) is 0 Å². The summed E-state index contributed by atoms with van der Waals surface area (Å²) in [6, 6.07) is 12.4. The molecule has 1 atom stereocenters. The van der Waals surface area contributed by atoms with Crippen molar-refractivity contribution in [2.24, 2.45) is 5.84 Å². The number of nitrogens with zero attached hydrogens (tertiary/aromatic N) is 1. The van der Waals surface area contributed by atoms with E-state index in [-0.39, 0.29) is 6.04 Å². The molecule has 0 spiro atoms. The first-order valence-corrected chi connectivity index (χ1v) is 5.72. The molecule has 0 saturated heterocycles. The number of nitrogens with one attached hydrogen (secondary N) is 1. The first-order valence-electron chi connectivity index (χ1n) is 5.72. The molecule has 2 aromatic rings. The lowest BCUT2D eigenvalue weighted by atomic mass is 9.97. The van der Waals surface area contributed by atoms with Gasteiger partial charge in [0.2, 0.25) is 0 Å². The third-order valence-corrected chi connectivity index (χ3v) is 2.97. The molecule has 0 bridgehead atoms. The van der Waals surface area contributed by atoms with Gasteiger partial charge in [0.05, 0.1) is 6.04 Å².